The van der Waals surface area contributed by atoms with Crippen molar-refractivity contribution in [1.82, 2.24) is 0 Å². The van der Waals surface area contributed by atoms with Crippen molar-refractivity contribution in [3.05, 3.63) is 28.8 Å². The van der Waals surface area contributed by atoms with Crippen molar-refractivity contribution in [1.29, 1.82) is 0 Å². The van der Waals surface area contributed by atoms with E-state index in [-0.39, 0.29) is 0 Å². The zero-order valence-electron chi connectivity index (χ0n) is 7.51. The van der Waals surface area contributed by atoms with Crippen LogP contribution in [0.5, 0.6) is 0 Å². The summed E-state index contributed by atoms with van der Waals surface area (Å²) in [4.78, 5) is 0. The van der Waals surface area contributed by atoms with Gasteiger partial charge < -0.3 is 5.32 Å². The monoisotopic (exact) mass is 213 g/mol. The van der Waals surface area contributed by atoms with Gasteiger partial charge in [-0.25, -0.2) is 0 Å². The molecule has 1 aromatic rings. The molecule has 0 aliphatic carbocycles. The summed E-state index contributed by atoms with van der Waals surface area (Å²) in [5, 5.41) is 4.25. The van der Waals surface area contributed by atoms with Gasteiger partial charge in [0.2, 0.25) is 0 Å². The third kappa shape index (κ3) is 2.12. The zero-order valence-corrected chi connectivity index (χ0v) is 9.08. The standard InChI is InChI=1S/C10H12ClNS/c1-7-2-3-10(9(11)4-7)12-8-5-13-6-8/h2-4,8,12H,5-6H2,1H3. The van der Waals surface area contributed by atoms with E-state index < -0.39 is 0 Å². The summed E-state index contributed by atoms with van der Waals surface area (Å²) in [6, 6.07) is 6.75. The minimum Gasteiger partial charge on any atom is -0.379 e. The van der Waals surface area contributed by atoms with Gasteiger partial charge in [0, 0.05) is 17.5 Å². The third-order valence-electron chi connectivity index (χ3n) is 2.12. The number of benzene rings is 1. The number of hydrogen-bond donors (Lipinski definition) is 1. The number of halogens is 1. The molecule has 0 radical (unpaired) electrons. The molecule has 3 heteroatoms. The van der Waals surface area contributed by atoms with Crippen LogP contribution in [0.25, 0.3) is 0 Å². The molecule has 1 heterocycles. The topological polar surface area (TPSA) is 12.0 Å². The van der Waals surface area contributed by atoms with Gasteiger partial charge in [-0.15, -0.1) is 0 Å². The Labute approximate surface area is 87.9 Å². The molecule has 0 atom stereocenters. The van der Waals surface area contributed by atoms with E-state index >= 15 is 0 Å². The maximum atomic E-state index is 6.09. The Bertz CT molecular complexity index is 310. The van der Waals surface area contributed by atoms with E-state index in [2.05, 4.69) is 24.4 Å². The fourth-order valence-electron chi connectivity index (χ4n) is 1.28. The number of nitrogens with one attached hydrogen (secondary N) is 1. The lowest BCUT2D eigenvalue weighted by atomic mass is 10.2. The van der Waals surface area contributed by atoms with Crippen molar-refractivity contribution >= 4 is 29.1 Å². The SMILES string of the molecule is Cc1ccc(NC2CSC2)c(Cl)c1. The first-order chi connectivity index (χ1) is 6.25. The molecular weight excluding hydrogens is 202 g/mol. The van der Waals surface area contributed by atoms with Crippen molar-refractivity contribution in [3.63, 3.8) is 0 Å². The molecule has 2 rings (SSSR count). The molecule has 0 aromatic heterocycles. The zero-order chi connectivity index (χ0) is 9.26. The minimum absolute atomic E-state index is 0.616. The second kappa shape index (κ2) is 3.81. The summed E-state index contributed by atoms with van der Waals surface area (Å²) in [6.07, 6.45) is 0. The quantitative estimate of drug-likeness (QED) is 0.810. The Kier molecular flexibility index (Phi) is 2.70. The van der Waals surface area contributed by atoms with Crippen LogP contribution in [-0.2, 0) is 0 Å². The van der Waals surface area contributed by atoms with E-state index in [0.717, 1.165) is 10.7 Å². The van der Waals surface area contributed by atoms with Gasteiger partial charge >= 0.3 is 0 Å². The van der Waals surface area contributed by atoms with E-state index in [1.54, 1.807) is 0 Å². The van der Waals surface area contributed by atoms with Crippen molar-refractivity contribution in [3.8, 4) is 0 Å². The van der Waals surface area contributed by atoms with Crippen LogP contribution in [0.4, 0.5) is 5.69 Å². The van der Waals surface area contributed by atoms with E-state index in [0.29, 0.717) is 6.04 Å². The van der Waals surface area contributed by atoms with Crippen LogP contribution >= 0.6 is 23.4 Å². The van der Waals surface area contributed by atoms with Crippen molar-refractivity contribution in [2.75, 3.05) is 16.8 Å². The molecule has 0 unspecified atom stereocenters. The molecule has 1 aliphatic rings. The van der Waals surface area contributed by atoms with Gasteiger partial charge in [-0.05, 0) is 24.6 Å². The normalized spacial score (nSPS) is 16.8. The van der Waals surface area contributed by atoms with Crippen LogP contribution in [0, 0.1) is 6.92 Å². The molecular formula is C10H12ClNS. The highest BCUT2D eigenvalue weighted by Gasteiger charge is 2.18. The van der Waals surface area contributed by atoms with Gasteiger partial charge in [0.15, 0.2) is 0 Å². The molecule has 1 saturated heterocycles. The predicted octanol–water partition coefficient (Wildman–Crippen LogP) is 3.18. The molecule has 13 heavy (non-hydrogen) atoms. The number of rotatable bonds is 2. The van der Waals surface area contributed by atoms with Crippen LogP contribution in [0.1, 0.15) is 5.56 Å². The van der Waals surface area contributed by atoms with Crippen molar-refractivity contribution < 1.29 is 0 Å². The molecule has 1 aliphatic heterocycles. The van der Waals surface area contributed by atoms with E-state index in [9.17, 15) is 0 Å². The fraction of sp³-hybridized carbons (Fsp3) is 0.400. The molecule has 0 saturated carbocycles. The Hall–Kier alpha value is -0.340. The summed E-state index contributed by atoms with van der Waals surface area (Å²) in [6.45, 7) is 2.05. The third-order valence-corrected chi connectivity index (χ3v) is 3.71. The second-order valence-electron chi connectivity index (χ2n) is 3.36. The van der Waals surface area contributed by atoms with Gasteiger partial charge in [0.1, 0.15) is 0 Å². The van der Waals surface area contributed by atoms with Gasteiger partial charge in [0.05, 0.1) is 10.7 Å². The number of thioether (sulfide) groups is 1. The van der Waals surface area contributed by atoms with E-state index in [1.165, 1.54) is 17.1 Å². The number of aryl methyl sites for hydroxylation is 1. The van der Waals surface area contributed by atoms with Crippen LogP contribution in [-0.4, -0.2) is 17.5 Å². The summed E-state index contributed by atoms with van der Waals surface area (Å²) in [5.41, 5.74) is 2.27. The van der Waals surface area contributed by atoms with Crippen molar-refractivity contribution in [2.24, 2.45) is 0 Å². The summed E-state index contributed by atoms with van der Waals surface area (Å²) in [5.74, 6) is 2.40. The molecule has 0 amide bonds. The first-order valence-electron chi connectivity index (χ1n) is 4.36. The Balaban J connectivity index is 2.10. The molecule has 1 nitrogen and oxygen atoms in total. The van der Waals surface area contributed by atoms with E-state index in [4.69, 9.17) is 11.6 Å². The smallest absolute Gasteiger partial charge is 0.0640 e. The van der Waals surface area contributed by atoms with Crippen LogP contribution in [0.2, 0.25) is 5.02 Å². The van der Waals surface area contributed by atoms with Crippen LogP contribution in [0.3, 0.4) is 0 Å². The predicted molar refractivity (Wildman–Crippen MR) is 60.9 cm³/mol. The van der Waals surface area contributed by atoms with Crippen LogP contribution < -0.4 is 5.32 Å². The number of hydrogen-bond acceptors (Lipinski definition) is 2. The molecule has 1 aromatic carbocycles. The van der Waals surface area contributed by atoms with Gasteiger partial charge in [-0.3, -0.25) is 0 Å². The van der Waals surface area contributed by atoms with Gasteiger partial charge in [0.25, 0.3) is 0 Å². The molecule has 0 spiro atoms. The summed E-state index contributed by atoms with van der Waals surface area (Å²) < 4.78 is 0. The lowest BCUT2D eigenvalue weighted by Gasteiger charge is -2.27. The largest absolute Gasteiger partial charge is 0.379 e. The fourth-order valence-corrected chi connectivity index (χ4v) is 2.20. The number of anilines is 1. The lowest BCUT2D eigenvalue weighted by molar-refractivity contribution is 0.882. The first-order valence-corrected chi connectivity index (χ1v) is 5.89. The van der Waals surface area contributed by atoms with Gasteiger partial charge in [-0.1, -0.05) is 17.7 Å². The maximum Gasteiger partial charge on any atom is 0.0640 e. The molecule has 1 fully saturated rings. The minimum atomic E-state index is 0.616. The summed E-state index contributed by atoms with van der Waals surface area (Å²) in [7, 11) is 0. The first kappa shape index (κ1) is 9.22. The Morgan fingerprint density at radius 2 is 2.23 bits per heavy atom. The highest BCUT2D eigenvalue weighted by Crippen LogP contribution is 2.27. The Morgan fingerprint density at radius 3 is 2.77 bits per heavy atom. The van der Waals surface area contributed by atoms with Gasteiger partial charge in [-0.2, -0.15) is 11.8 Å². The van der Waals surface area contributed by atoms with E-state index in [1.807, 2.05) is 17.8 Å². The molecule has 1 N–H and O–H groups in total. The average Bonchev–Trinajstić information content (AvgIpc) is 1.99. The Morgan fingerprint density at radius 1 is 1.46 bits per heavy atom. The molecule has 70 valence electrons. The lowest BCUT2D eigenvalue weighted by Crippen LogP contribution is -2.33. The highest BCUT2D eigenvalue weighted by atomic mass is 35.5. The average molecular weight is 214 g/mol. The summed E-state index contributed by atoms with van der Waals surface area (Å²) >= 11 is 8.05. The van der Waals surface area contributed by atoms with Crippen LogP contribution in [0.15, 0.2) is 18.2 Å². The maximum absolute atomic E-state index is 6.09. The van der Waals surface area contributed by atoms with Crippen molar-refractivity contribution in [2.45, 2.75) is 13.0 Å². The second-order valence-corrected chi connectivity index (χ2v) is 4.84. The highest BCUT2D eigenvalue weighted by molar-refractivity contribution is 8.00. The molecule has 0 bridgehead atoms.